The molecule has 1 aromatic rings. The second-order valence-corrected chi connectivity index (χ2v) is 7.50. The molecule has 0 aliphatic carbocycles. The Hall–Kier alpha value is -1.15. The molecule has 1 heterocycles. The van der Waals surface area contributed by atoms with E-state index in [1.165, 1.54) is 29.6 Å². The highest BCUT2D eigenvalue weighted by atomic mass is 35.5. The molecule has 0 saturated carbocycles. The van der Waals surface area contributed by atoms with Crippen LogP contribution in [0.25, 0.3) is 0 Å². The van der Waals surface area contributed by atoms with E-state index >= 15 is 0 Å². The number of sulfonamides is 1. The number of rotatable bonds is 3. The van der Waals surface area contributed by atoms with Gasteiger partial charge in [-0.2, -0.15) is 4.31 Å². The summed E-state index contributed by atoms with van der Waals surface area (Å²) in [5.74, 6) is -0.718. The minimum absolute atomic E-state index is 0.0294. The number of esters is 1. The van der Waals surface area contributed by atoms with Gasteiger partial charge in [0.25, 0.3) is 0 Å². The lowest BCUT2D eigenvalue weighted by atomic mass is 10.2. The van der Waals surface area contributed by atoms with E-state index in [0.717, 1.165) is 0 Å². The second-order valence-electron chi connectivity index (χ2n) is 5.20. The van der Waals surface area contributed by atoms with Crippen molar-refractivity contribution in [2.24, 2.45) is 0 Å². The summed E-state index contributed by atoms with van der Waals surface area (Å²) in [6, 6.07) is 3.76. The normalized spacial score (nSPS) is 23.3. The average molecular weight is 348 g/mol. The van der Waals surface area contributed by atoms with Crippen LogP contribution in [-0.4, -0.2) is 51.1 Å². The number of nitrogens with zero attached hydrogens (tertiary/aromatic N) is 1. The van der Waals surface area contributed by atoms with Crippen molar-refractivity contribution in [3.05, 3.63) is 28.8 Å². The minimum atomic E-state index is -3.88. The summed E-state index contributed by atoms with van der Waals surface area (Å²) in [5, 5.41) is 0.236. The van der Waals surface area contributed by atoms with Gasteiger partial charge in [-0.1, -0.05) is 11.6 Å². The standard InChI is InChI=1S/C14H18ClNO5S/c1-9-8-21-10(2)7-16(9)22(18,19)13-6-11(15)4-5-12(13)14(17)20-3/h4-6,9-10H,7-8H2,1-3H3/t9-,10-/m0/s1. The van der Waals surface area contributed by atoms with Crippen LogP contribution < -0.4 is 0 Å². The molecule has 1 aromatic carbocycles. The van der Waals surface area contributed by atoms with E-state index in [1.807, 2.05) is 0 Å². The van der Waals surface area contributed by atoms with Crippen molar-refractivity contribution in [3.8, 4) is 0 Å². The molecule has 8 heteroatoms. The van der Waals surface area contributed by atoms with Crippen LogP contribution in [-0.2, 0) is 19.5 Å². The van der Waals surface area contributed by atoms with Gasteiger partial charge >= 0.3 is 5.97 Å². The zero-order valence-electron chi connectivity index (χ0n) is 12.6. The van der Waals surface area contributed by atoms with Crippen molar-refractivity contribution in [3.63, 3.8) is 0 Å². The summed E-state index contributed by atoms with van der Waals surface area (Å²) in [7, 11) is -2.68. The molecule has 0 spiro atoms. The Morgan fingerprint density at radius 3 is 2.73 bits per heavy atom. The molecular formula is C14H18ClNO5S. The fraction of sp³-hybridized carbons (Fsp3) is 0.500. The van der Waals surface area contributed by atoms with Gasteiger partial charge in [0.1, 0.15) is 0 Å². The second kappa shape index (κ2) is 6.54. The van der Waals surface area contributed by atoms with Crippen LogP contribution in [0.2, 0.25) is 5.02 Å². The first-order valence-electron chi connectivity index (χ1n) is 6.78. The summed E-state index contributed by atoms with van der Waals surface area (Å²) in [6.45, 7) is 4.07. The Bertz CT molecular complexity index is 676. The third-order valence-corrected chi connectivity index (χ3v) is 5.74. The largest absolute Gasteiger partial charge is 0.465 e. The Balaban J connectivity index is 2.53. The van der Waals surface area contributed by atoms with Crippen LogP contribution in [0.4, 0.5) is 0 Å². The van der Waals surface area contributed by atoms with E-state index in [-0.39, 0.29) is 34.2 Å². The van der Waals surface area contributed by atoms with Crippen LogP contribution in [0.15, 0.2) is 23.1 Å². The zero-order valence-corrected chi connectivity index (χ0v) is 14.1. The van der Waals surface area contributed by atoms with E-state index < -0.39 is 16.0 Å². The fourth-order valence-corrected chi connectivity index (χ4v) is 4.46. The smallest absolute Gasteiger partial charge is 0.339 e. The van der Waals surface area contributed by atoms with E-state index in [0.29, 0.717) is 6.61 Å². The van der Waals surface area contributed by atoms with Crippen molar-refractivity contribution in [2.45, 2.75) is 30.9 Å². The first kappa shape index (κ1) is 17.2. The number of morpholine rings is 1. The Morgan fingerprint density at radius 2 is 2.09 bits per heavy atom. The molecular weight excluding hydrogens is 330 g/mol. The number of methoxy groups -OCH3 is 1. The van der Waals surface area contributed by atoms with Crippen LogP contribution in [0.5, 0.6) is 0 Å². The highest BCUT2D eigenvalue weighted by molar-refractivity contribution is 7.89. The van der Waals surface area contributed by atoms with Gasteiger partial charge in [-0.3, -0.25) is 0 Å². The number of carbonyl (C=O) groups excluding carboxylic acids is 1. The molecule has 6 nitrogen and oxygen atoms in total. The summed E-state index contributed by atoms with van der Waals surface area (Å²) in [5.41, 5.74) is -0.0294. The van der Waals surface area contributed by atoms with Crippen molar-refractivity contribution in [1.82, 2.24) is 4.31 Å². The number of hydrogen-bond acceptors (Lipinski definition) is 5. The lowest BCUT2D eigenvalue weighted by Gasteiger charge is -2.35. The monoisotopic (exact) mass is 347 g/mol. The molecule has 0 unspecified atom stereocenters. The van der Waals surface area contributed by atoms with Crippen LogP contribution in [0, 0.1) is 0 Å². The molecule has 0 N–H and O–H groups in total. The van der Waals surface area contributed by atoms with Gasteiger partial charge in [0.2, 0.25) is 10.0 Å². The molecule has 2 rings (SSSR count). The molecule has 1 aliphatic rings. The Kier molecular flexibility index (Phi) is 5.11. The van der Waals surface area contributed by atoms with E-state index in [1.54, 1.807) is 13.8 Å². The molecule has 1 aliphatic heterocycles. The molecule has 0 radical (unpaired) electrons. The average Bonchev–Trinajstić information content (AvgIpc) is 2.48. The SMILES string of the molecule is COC(=O)c1ccc(Cl)cc1S(=O)(=O)N1C[C@H](C)OC[C@@H]1C. The third-order valence-electron chi connectivity index (χ3n) is 3.49. The first-order chi connectivity index (χ1) is 10.3. The summed E-state index contributed by atoms with van der Waals surface area (Å²) in [4.78, 5) is 11.7. The molecule has 122 valence electrons. The van der Waals surface area contributed by atoms with Crippen LogP contribution in [0.3, 0.4) is 0 Å². The quantitative estimate of drug-likeness (QED) is 0.781. The summed E-state index contributed by atoms with van der Waals surface area (Å²) in [6.07, 6.45) is -0.216. The topological polar surface area (TPSA) is 72.9 Å². The maximum absolute atomic E-state index is 12.9. The predicted molar refractivity (Wildman–Crippen MR) is 81.6 cm³/mol. The van der Waals surface area contributed by atoms with Crippen molar-refractivity contribution >= 4 is 27.6 Å². The van der Waals surface area contributed by atoms with Gasteiger partial charge in [0.05, 0.1) is 30.3 Å². The van der Waals surface area contributed by atoms with Gasteiger partial charge in [0, 0.05) is 17.6 Å². The molecule has 0 aromatic heterocycles. The van der Waals surface area contributed by atoms with Gasteiger partial charge in [-0.05, 0) is 32.0 Å². The number of halogens is 1. The molecule has 1 fully saturated rings. The highest BCUT2D eigenvalue weighted by Gasteiger charge is 2.36. The number of benzene rings is 1. The lowest BCUT2D eigenvalue weighted by Crippen LogP contribution is -2.50. The van der Waals surface area contributed by atoms with Crippen molar-refractivity contribution < 1.29 is 22.7 Å². The summed E-state index contributed by atoms with van der Waals surface area (Å²) < 4.78 is 37.3. The number of hydrogen-bond donors (Lipinski definition) is 0. The van der Waals surface area contributed by atoms with Crippen molar-refractivity contribution in [1.29, 1.82) is 0 Å². The third kappa shape index (κ3) is 3.27. The highest BCUT2D eigenvalue weighted by Crippen LogP contribution is 2.28. The van der Waals surface area contributed by atoms with Crippen LogP contribution in [0.1, 0.15) is 24.2 Å². The molecule has 0 bridgehead atoms. The minimum Gasteiger partial charge on any atom is -0.465 e. The van der Waals surface area contributed by atoms with Gasteiger partial charge in [-0.15, -0.1) is 0 Å². The van der Waals surface area contributed by atoms with Gasteiger partial charge < -0.3 is 9.47 Å². The Labute approximate surface area is 135 Å². The van der Waals surface area contributed by atoms with E-state index in [4.69, 9.17) is 16.3 Å². The predicted octanol–water partition coefficient (Wildman–Crippen LogP) is 1.92. The maximum atomic E-state index is 12.9. The van der Waals surface area contributed by atoms with Gasteiger partial charge in [-0.25, -0.2) is 13.2 Å². The number of carbonyl (C=O) groups is 1. The molecule has 2 atom stereocenters. The molecule has 0 amide bonds. The van der Waals surface area contributed by atoms with Crippen LogP contribution >= 0.6 is 11.6 Å². The summed E-state index contributed by atoms with van der Waals surface area (Å²) >= 11 is 5.91. The molecule has 22 heavy (non-hydrogen) atoms. The maximum Gasteiger partial charge on any atom is 0.339 e. The fourth-order valence-electron chi connectivity index (χ4n) is 2.32. The van der Waals surface area contributed by atoms with E-state index in [9.17, 15) is 13.2 Å². The first-order valence-corrected chi connectivity index (χ1v) is 8.60. The van der Waals surface area contributed by atoms with E-state index in [2.05, 4.69) is 4.74 Å². The zero-order chi connectivity index (χ0) is 16.5. The molecule has 1 saturated heterocycles. The number of ether oxygens (including phenoxy) is 2. The lowest BCUT2D eigenvalue weighted by molar-refractivity contribution is -0.0170. The van der Waals surface area contributed by atoms with Crippen molar-refractivity contribution in [2.75, 3.05) is 20.3 Å². The van der Waals surface area contributed by atoms with Gasteiger partial charge in [0.15, 0.2) is 0 Å². The Morgan fingerprint density at radius 1 is 1.41 bits per heavy atom.